The number of ether oxygens (including phenoxy) is 1. The first kappa shape index (κ1) is 12.0. The van der Waals surface area contributed by atoms with Crippen LogP contribution in [-0.4, -0.2) is 6.10 Å². The number of benzene rings is 1. The van der Waals surface area contributed by atoms with Crippen LogP contribution >= 0.6 is 0 Å². The highest BCUT2D eigenvalue weighted by Crippen LogP contribution is 2.30. The molecule has 1 aliphatic rings. The van der Waals surface area contributed by atoms with Gasteiger partial charge in [0.15, 0.2) is 0 Å². The van der Waals surface area contributed by atoms with Crippen molar-refractivity contribution < 1.29 is 17.9 Å². The van der Waals surface area contributed by atoms with E-state index in [0.717, 1.165) is 31.4 Å². The van der Waals surface area contributed by atoms with Crippen molar-refractivity contribution >= 4 is 0 Å². The molecule has 0 bridgehead atoms. The summed E-state index contributed by atoms with van der Waals surface area (Å²) in [7, 11) is 0. The van der Waals surface area contributed by atoms with E-state index in [-0.39, 0.29) is 6.10 Å². The molecule has 1 aliphatic carbocycles. The molecule has 0 heterocycles. The van der Waals surface area contributed by atoms with Gasteiger partial charge < -0.3 is 4.74 Å². The van der Waals surface area contributed by atoms with Gasteiger partial charge in [-0.1, -0.05) is 6.08 Å². The molecule has 0 saturated carbocycles. The Morgan fingerprint density at radius 1 is 1.12 bits per heavy atom. The molecule has 17 heavy (non-hydrogen) atoms. The number of alkyl halides is 3. The Balaban J connectivity index is 2.03. The largest absolute Gasteiger partial charge is 0.486 e. The Morgan fingerprint density at radius 2 is 1.82 bits per heavy atom. The van der Waals surface area contributed by atoms with Crippen molar-refractivity contribution in [2.45, 2.75) is 31.5 Å². The second kappa shape index (κ2) is 4.82. The van der Waals surface area contributed by atoms with Gasteiger partial charge in [-0.3, -0.25) is 0 Å². The summed E-state index contributed by atoms with van der Waals surface area (Å²) in [5.41, 5.74) is -0.649. The van der Waals surface area contributed by atoms with E-state index < -0.39 is 11.7 Å². The maximum atomic E-state index is 12.3. The van der Waals surface area contributed by atoms with Crippen molar-refractivity contribution in [2.75, 3.05) is 0 Å². The van der Waals surface area contributed by atoms with Gasteiger partial charge in [0.2, 0.25) is 0 Å². The highest BCUT2D eigenvalue weighted by molar-refractivity contribution is 5.29. The zero-order valence-corrected chi connectivity index (χ0v) is 9.20. The first-order valence-electron chi connectivity index (χ1n) is 5.56. The summed E-state index contributed by atoms with van der Waals surface area (Å²) in [6.07, 6.45) is 2.72. The number of rotatable bonds is 2. The molecule has 92 valence electrons. The van der Waals surface area contributed by atoms with Gasteiger partial charge in [-0.05, 0) is 49.6 Å². The standard InChI is InChI=1S/C13H13F3O/c14-13(15,16)10-6-8-12(9-7-10)17-11-4-2-1-3-5-11/h2,4,6-9,11H,1,3,5H2. The first-order valence-corrected chi connectivity index (χ1v) is 5.56. The molecule has 1 aromatic rings. The van der Waals surface area contributed by atoms with Crippen molar-refractivity contribution in [2.24, 2.45) is 0 Å². The summed E-state index contributed by atoms with van der Waals surface area (Å²) in [6.45, 7) is 0. The lowest BCUT2D eigenvalue weighted by atomic mass is 10.1. The maximum absolute atomic E-state index is 12.3. The first-order chi connectivity index (χ1) is 8.05. The molecule has 0 aromatic heterocycles. The van der Waals surface area contributed by atoms with Crippen molar-refractivity contribution in [3.8, 4) is 5.75 Å². The number of halogens is 3. The Morgan fingerprint density at radius 3 is 2.35 bits per heavy atom. The van der Waals surface area contributed by atoms with Gasteiger partial charge >= 0.3 is 6.18 Å². The molecule has 0 spiro atoms. The summed E-state index contributed by atoms with van der Waals surface area (Å²) >= 11 is 0. The minimum absolute atomic E-state index is 0.0134. The van der Waals surface area contributed by atoms with E-state index in [9.17, 15) is 13.2 Å². The van der Waals surface area contributed by atoms with Crippen molar-refractivity contribution in [3.05, 3.63) is 42.0 Å². The molecule has 1 atom stereocenters. The van der Waals surface area contributed by atoms with Gasteiger partial charge in [-0.2, -0.15) is 13.2 Å². The predicted octanol–water partition coefficient (Wildman–Crippen LogP) is 4.19. The van der Waals surface area contributed by atoms with Gasteiger partial charge in [0.25, 0.3) is 0 Å². The summed E-state index contributed by atoms with van der Waals surface area (Å²) in [5.74, 6) is 0.481. The minimum atomic E-state index is -4.29. The van der Waals surface area contributed by atoms with Crippen molar-refractivity contribution in [1.29, 1.82) is 0 Å². The Hall–Kier alpha value is -1.45. The van der Waals surface area contributed by atoms with Crippen LogP contribution in [0, 0.1) is 0 Å². The Labute approximate surface area is 97.9 Å². The summed E-state index contributed by atoms with van der Waals surface area (Å²) < 4.78 is 42.5. The summed E-state index contributed by atoms with van der Waals surface area (Å²) in [6, 6.07) is 4.82. The van der Waals surface area contributed by atoms with E-state index >= 15 is 0 Å². The van der Waals surface area contributed by atoms with Crippen LogP contribution in [0.15, 0.2) is 36.4 Å². The maximum Gasteiger partial charge on any atom is 0.416 e. The van der Waals surface area contributed by atoms with Crippen molar-refractivity contribution in [1.82, 2.24) is 0 Å². The lowest BCUT2D eigenvalue weighted by Crippen LogP contribution is -2.15. The second-order valence-electron chi connectivity index (χ2n) is 4.04. The van der Waals surface area contributed by atoms with Gasteiger partial charge in [0, 0.05) is 0 Å². The van der Waals surface area contributed by atoms with Crippen LogP contribution in [0.4, 0.5) is 13.2 Å². The highest BCUT2D eigenvalue weighted by Gasteiger charge is 2.30. The fourth-order valence-corrected chi connectivity index (χ4v) is 1.78. The molecule has 1 nitrogen and oxygen atoms in total. The average Bonchev–Trinajstić information content (AvgIpc) is 2.30. The second-order valence-corrected chi connectivity index (χ2v) is 4.04. The molecule has 0 N–H and O–H groups in total. The quantitative estimate of drug-likeness (QED) is 0.706. The van der Waals surface area contributed by atoms with Crippen LogP contribution in [0.5, 0.6) is 5.75 Å². The third-order valence-electron chi connectivity index (χ3n) is 2.68. The molecule has 4 heteroatoms. The molecule has 1 aromatic carbocycles. The van der Waals surface area contributed by atoms with Gasteiger partial charge in [0.05, 0.1) is 5.56 Å². The molecular weight excluding hydrogens is 229 g/mol. The van der Waals surface area contributed by atoms with Crippen LogP contribution < -0.4 is 4.74 Å². The normalized spacial score (nSPS) is 20.3. The predicted molar refractivity (Wildman–Crippen MR) is 58.9 cm³/mol. The van der Waals surface area contributed by atoms with Gasteiger partial charge in [-0.25, -0.2) is 0 Å². The molecule has 1 unspecified atom stereocenters. The van der Waals surface area contributed by atoms with E-state index in [0.29, 0.717) is 5.75 Å². The van der Waals surface area contributed by atoms with Crippen molar-refractivity contribution in [3.63, 3.8) is 0 Å². The molecule has 0 aliphatic heterocycles. The van der Waals surface area contributed by atoms with Crippen LogP contribution in [0.1, 0.15) is 24.8 Å². The van der Waals surface area contributed by atoms with Gasteiger partial charge in [-0.15, -0.1) is 0 Å². The average molecular weight is 242 g/mol. The monoisotopic (exact) mass is 242 g/mol. The lowest BCUT2D eigenvalue weighted by Gasteiger charge is -2.18. The van der Waals surface area contributed by atoms with E-state index in [4.69, 9.17) is 4.74 Å². The lowest BCUT2D eigenvalue weighted by molar-refractivity contribution is -0.137. The van der Waals surface area contributed by atoms with Crippen LogP contribution in [0.25, 0.3) is 0 Å². The molecular formula is C13H13F3O. The molecule has 0 radical (unpaired) electrons. The molecule has 0 fully saturated rings. The molecule has 2 rings (SSSR count). The highest BCUT2D eigenvalue weighted by atomic mass is 19.4. The zero-order chi connectivity index (χ0) is 12.3. The van der Waals surface area contributed by atoms with E-state index in [2.05, 4.69) is 0 Å². The minimum Gasteiger partial charge on any atom is -0.486 e. The van der Waals surface area contributed by atoms with Crippen LogP contribution in [0.3, 0.4) is 0 Å². The number of allylic oxidation sites excluding steroid dienone is 1. The zero-order valence-electron chi connectivity index (χ0n) is 9.20. The molecule has 0 amide bonds. The molecule has 0 saturated heterocycles. The topological polar surface area (TPSA) is 9.23 Å². The number of hydrogen-bond acceptors (Lipinski definition) is 1. The summed E-state index contributed by atoms with van der Waals surface area (Å²) in [5, 5.41) is 0. The Kier molecular flexibility index (Phi) is 3.41. The third-order valence-corrected chi connectivity index (χ3v) is 2.68. The van der Waals surface area contributed by atoms with Crippen LogP contribution in [-0.2, 0) is 6.18 Å². The SMILES string of the molecule is FC(F)(F)c1ccc(OC2C=CCCC2)cc1. The third kappa shape index (κ3) is 3.25. The Bertz CT molecular complexity index is 392. The summed E-state index contributed by atoms with van der Waals surface area (Å²) in [4.78, 5) is 0. The van der Waals surface area contributed by atoms with E-state index in [1.165, 1.54) is 12.1 Å². The fourth-order valence-electron chi connectivity index (χ4n) is 1.78. The van der Waals surface area contributed by atoms with Gasteiger partial charge in [0.1, 0.15) is 11.9 Å². The van der Waals surface area contributed by atoms with Crippen LogP contribution in [0.2, 0.25) is 0 Å². The fraction of sp³-hybridized carbons (Fsp3) is 0.385. The van der Waals surface area contributed by atoms with E-state index in [1.807, 2.05) is 12.2 Å². The number of hydrogen-bond donors (Lipinski definition) is 0. The van der Waals surface area contributed by atoms with E-state index in [1.54, 1.807) is 0 Å². The smallest absolute Gasteiger partial charge is 0.416 e.